The molecule has 0 fully saturated rings. The average Bonchev–Trinajstić information content (AvgIpc) is 3.59. The topological polar surface area (TPSA) is 8.17 Å². The first kappa shape index (κ1) is 46.5. The normalized spacial score (nSPS) is 18.1. The van der Waals surface area contributed by atoms with Crippen molar-refractivity contribution >= 4 is 50.5 Å². The van der Waals surface area contributed by atoms with E-state index in [0.29, 0.717) is 0 Å². The summed E-state index contributed by atoms with van der Waals surface area (Å²) in [7, 11) is 0. The summed E-state index contributed by atoms with van der Waals surface area (Å²) in [4.78, 5) is 2.59. The molecule has 79 heavy (non-hydrogen) atoms. The van der Waals surface area contributed by atoms with Gasteiger partial charge in [-0.15, -0.1) is 0 Å². The van der Waals surface area contributed by atoms with Gasteiger partial charge in [0.15, 0.2) is 0 Å². The van der Waals surface area contributed by atoms with Gasteiger partial charge in [0.1, 0.15) is 0 Å². The van der Waals surface area contributed by atoms with Crippen LogP contribution in [0.2, 0.25) is 0 Å². The highest BCUT2D eigenvalue weighted by molar-refractivity contribution is 6.11. The van der Waals surface area contributed by atoms with E-state index >= 15 is 0 Å². The number of para-hydroxylation sites is 2. The number of hydrogen-bond donors (Lipinski definition) is 0. The largest absolute Gasteiger partial charge is 0.312 e. The van der Waals surface area contributed by atoms with Crippen LogP contribution in [0.25, 0.3) is 100 Å². The van der Waals surface area contributed by atoms with Crippen LogP contribution in [0.5, 0.6) is 0 Å². The molecule has 11 aromatic carbocycles. The van der Waals surface area contributed by atoms with Crippen LogP contribution in [0.1, 0.15) is 25.0 Å². The molecule has 0 saturated heterocycles. The molecule has 1 aliphatic heterocycles. The molecule has 3 unspecified atom stereocenters. The van der Waals surface area contributed by atoms with Crippen LogP contribution in [0.4, 0.5) is 11.4 Å². The fourth-order valence-electron chi connectivity index (χ4n) is 13.7. The SMILES string of the molecule is CC1C=c2ccccc2=C2N(c3ccc(-c4ccccc4)cc3)c3ccccc3C3(C)C=CC(c4ccc5c(c4)c4ccccc4n5-c4cc(-c5ccc(-c6ccccc6)cc5)cc(-c5ccc(-c6ccccc6)cc5)c4)=CC213. The zero-order valence-corrected chi connectivity index (χ0v) is 44.3. The predicted molar refractivity (Wildman–Crippen MR) is 333 cm³/mol. The van der Waals surface area contributed by atoms with E-state index in [1.807, 2.05) is 0 Å². The van der Waals surface area contributed by atoms with Crippen molar-refractivity contribution in [2.24, 2.45) is 11.3 Å². The number of nitrogens with zero attached hydrogens (tertiary/aromatic N) is 2. The van der Waals surface area contributed by atoms with E-state index in [2.05, 4.69) is 321 Å². The van der Waals surface area contributed by atoms with Crippen molar-refractivity contribution in [3.05, 3.63) is 313 Å². The van der Waals surface area contributed by atoms with Gasteiger partial charge < -0.3 is 9.47 Å². The lowest BCUT2D eigenvalue weighted by molar-refractivity contribution is 0.258. The number of fused-ring (bicyclic) bond motifs is 6. The summed E-state index contributed by atoms with van der Waals surface area (Å²) in [6.45, 7) is 4.93. The number of rotatable bonds is 8. The van der Waals surface area contributed by atoms with Crippen molar-refractivity contribution in [1.29, 1.82) is 0 Å². The first-order valence-corrected chi connectivity index (χ1v) is 27.7. The highest BCUT2D eigenvalue weighted by Crippen LogP contribution is 2.65. The van der Waals surface area contributed by atoms with E-state index in [0.717, 1.165) is 11.4 Å². The predicted octanol–water partition coefficient (Wildman–Crippen LogP) is 18.4. The minimum Gasteiger partial charge on any atom is -0.312 e. The average molecular weight is 1010 g/mol. The Hall–Kier alpha value is -9.76. The Morgan fingerprint density at radius 3 is 1.48 bits per heavy atom. The number of hydrogen-bond acceptors (Lipinski definition) is 1. The zero-order chi connectivity index (χ0) is 52.7. The van der Waals surface area contributed by atoms with Gasteiger partial charge in [-0.3, -0.25) is 0 Å². The second kappa shape index (κ2) is 18.5. The summed E-state index contributed by atoms with van der Waals surface area (Å²) in [5.41, 5.74) is 22.1. The van der Waals surface area contributed by atoms with Crippen molar-refractivity contribution in [1.82, 2.24) is 4.57 Å². The van der Waals surface area contributed by atoms with E-state index < -0.39 is 5.41 Å². The summed E-state index contributed by atoms with van der Waals surface area (Å²) in [5.74, 6) is 0.151. The van der Waals surface area contributed by atoms with Gasteiger partial charge >= 0.3 is 0 Å². The third-order valence-electron chi connectivity index (χ3n) is 17.6. The number of anilines is 2. The van der Waals surface area contributed by atoms with E-state index in [1.165, 1.54) is 116 Å². The van der Waals surface area contributed by atoms with Gasteiger partial charge in [0.05, 0.1) is 11.0 Å². The molecule has 3 atom stereocenters. The second-order valence-corrected chi connectivity index (χ2v) is 21.9. The Bertz CT molecular complexity index is 4430. The standard InChI is InChI=1S/C77H56N2/c1-52-46-62-24-12-13-25-68(62)75-77(52)51-63(44-45-76(77,2)71-27-15-17-29-74(71)79(75)66-41-38-58(39-42-66)55-22-10-5-11-23-55)61-40-43-73-70(50-61)69-26-14-16-28-72(69)78(73)67-48-64(59-34-30-56(31-35-59)53-18-6-3-7-19-53)47-65(49-67)60-36-32-57(33-37-60)54-20-8-4-9-21-54/h3-52H,1-2H3. The minimum absolute atomic E-state index is 0.151. The molecule has 0 radical (unpaired) electrons. The van der Waals surface area contributed by atoms with Gasteiger partial charge in [-0.1, -0.05) is 257 Å². The quantitative estimate of drug-likeness (QED) is 0.147. The zero-order valence-electron chi connectivity index (χ0n) is 44.3. The van der Waals surface area contributed by atoms with Crippen LogP contribution in [0.3, 0.4) is 0 Å². The van der Waals surface area contributed by atoms with Gasteiger partial charge in [-0.2, -0.15) is 0 Å². The smallest absolute Gasteiger partial charge is 0.0541 e. The Morgan fingerprint density at radius 1 is 0.380 bits per heavy atom. The van der Waals surface area contributed by atoms with Crippen LogP contribution in [-0.2, 0) is 5.41 Å². The highest BCUT2D eigenvalue weighted by atomic mass is 15.2. The Morgan fingerprint density at radius 2 is 0.861 bits per heavy atom. The van der Waals surface area contributed by atoms with Gasteiger partial charge in [-0.05, 0) is 138 Å². The summed E-state index contributed by atoms with van der Waals surface area (Å²) < 4.78 is 2.49. The molecule has 2 heteroatoms. The van der Waals surface area contributed by atoms with Gasteiger partial charge in [0, 0.05) is 49.6 Å². The van der Waals surface area contributed by atoms with E-state index in [4.69, 9.17) is 0 Å². The lowest BCUT2D eigenvalue weighted by Gasteiger charge is -2.59. The van der Waals surface area contributed by atoms with Crippen molar-refractivity contribution < 1.29 is 0 Å². The molecule has 2 nitrogen and oxygen atoms in total. The third kappa shape index (κ3) is 7.47. The third-order valence-corrected chi connectivity index (χ3v) is 17.6. The maximum atomic E-state index is 2.66. The number of allylic oxidation sites excluding steroid dienone is 3. The van der Waals surface area contributed by atoms with Crippen molar-refractivity contribution in [2.75, 3.05) is 4.90 Å². The number of aromatic nitrogens is 1. The van der Waals surface area contributed by atoms with Crippen molar-refractivity contribution in [2.45, 2.75) is 19.3 Å². The lowest BCUT2D eigenvalue weighted by Crippen LogP contribution is -2.59. The second-order valence-electron chi connectivity index (χ2n) is 21.9. The molecule has 2 aliphatic carbocycles. The molecule has 0 N–H and O–H groups in total. The molecule has 15 rings (SSSR count). The van der Waals surface area contributed by atoms with Crippen LogP contribution >= 0.6 is 0 Å². The molecular weight excluding hydrogens is 953 g/mol. The summed E-state index contributed by atoms with van der Waals surface area (Å²) in [6, 6.07) is 101. The number of benzene rings is 11. The van der Waals surface area contributed by atoms with Crippen LogP contribution < -0.4 is 15.3 Å². The molecule has 0 amide bonds. The van der Waals surface area contributed by atoms with Crippen molar-refractivity contribution in [3.63, 3.8) is 0 Å². The minimum atomic E-state index is -0.448. The molecule has 1 aromatic heterocycles. The van der Waals surface area contributed by atoms with Crippen LogP contribution in [0.15, 0.2) is 291 Å². The Kier molecular flexibility index (Phi) is 10.9. The van der Waals surface area contributed by atoms with Gasteiger partial charge in [-0.25, -0.2) is 0 Å². The fraction of sp³-hybridized carbons (Fsp3) is 0.0649. The first-order valence-electron chi connectivity index (χ1n) is 27.7. The van der Waals surface area contributed by atoms with E-state index in [9.17, 15) is 0 Å². The summed E-state index contributed by atoms with van der Waals surface area (Å²) >= 11 is 0. The maximum absolute atomic E-state index is 2.66. The molecule has 3 aliphatic rings. The van der Waals surface area contributed by atoms with Crippen LogP contribution in [-0.4, -0.2) is 4.57 Å². The highest BCUT2D eigenvalue weighted by Gasteiger charge is 2.59. The summed E-state index contributed by atoms with van der Waals surface area (Å²) in [5, 5.41) is 5.01. The first-order chi connectivity index (χ1) is 38.9. The van der Waals surface area contributed by atoms with Gasteiger partial charge in [0.2, 0.25) is 0 Å². The van der Waals surface area contributed by atoms with E-state index in [-0.39, 0.29) is 11.3 Å². The maximum Gasteiger partial charge on any atom is 0.0541 e. The van der Waals surface area contributed by atoms with E-state index in [1.54, 1.807) is 0 Å². The Labute approximate surface area is 462 Å². The monoisotopic (exact) mass is 1010 g/mol. The molecule has 374 valence electrons. The molecule has 0 bridgehead atoms. The summed E-state index contributed by atoms with van der Waals surface area (Å²) in [6.07, 6.45) is 10.1. The lowest BCUT2D eigenvalue weighted by atomic mass is 9.48. The molecule has 2 heterocycles. The van der Waals surface area contributed by atoms with Crippen molar-refractivity contribution in [3.8, 4) is 61.3 Å². The molecular formula is C77H56N2. The molecule has 0 saturated carbocycles. The van der Waals surface area contributed by atoms with Crippen LogP contribution in [0, 0.1) is 11.3 Å². The molecule has 1 spiro atoms. The molecule has 12 aromatic rings. The van der Waals surface area contributed by atoms with Gasteiger partial charge in [0.25, 0.3) is 0 Å². The fourth-order valence-corrected chi connectivity index (χ4v) is 13.7. The Balaban J connectivity index is 0.895.